The summed E-state index contributed by atoms with van der Waals surface area (Å²) < 4.78 is 0. The van der Waals surface area contributed by atoms with E-state index in [0.717, 1.165) is 6.54 Å². The van der Waals surface area contributed by atoms with E-state index in [1.165, 1.54) is 39.0 Å². The van der Waals surface area contributed by atoms with Gasteiger partial charge in [0.15, 0.2) is 0 Å². The number of hydrogen-bond donors (Lipinski definition) is 1. The van der Waals surface area contributed by atoms with E-state index in [9.17, 15) is 0 Å². The Balaban J connectivity index is 2.49. The highest BCUT2D eigenvalue weighted by atomic mass is 15.3. The van der Waals surface area contributed by atoms with Crippen LogP contribution in [0.5, 0.6) is 0 Å². The van der Waals surface area contributed by atoms with Crippen molar-refractivity contribution in [2.45, 2.75) is 78.4 Å². The molecule has 1 aliphatic rings. The summed E-state index contributed by atoms with van der Waals surface area (Å²) in [6.45, 7) is 22.0. The highest BCUT2D eigenvalue weighted by Gasteiger charge is 2.29. The summed E-state index contributed by atoms with van der Waals surface area (Å²) in [5, 5.41) is 3.69. The van der Waals surface area contributed by atoms with Crippen LogP contribution in [0.15, 0.2) is 0 Å². The monoisotopic (exact) mass is 283 g/mol. The molecular weight excluding hydrogens is 246 g/mol. The normalized spacial score (nSPS) is 21.1. The second-order valence-electron chi connectivity index (χ2n) is 8.27. The van der Waals surface area contributed by atoms with Crippen molar-refractivity contribution in [3.8, 4) is 0 Å². The minimum absolute atomic E-state index is 0.221. The molecule has 1 rings (SSSR count). The average Bonchev–Trinajstić information content (AvgIpc) is 2.32. The fraction of sp³-hybridized carbons (Fsp3) is 1.00. The van der Waals surface area contributed by atoms with Crippen LogP contribution in [0.1, 0.15) is 61.3 Å². The molecule has 1 fully saturated rings. The first-order valence-electron chi connectivity index (χ1n) is 8.37. The van der Waals surface area contributed by atoms with Crippen LogP contribution in [-0.4, -0.2) is 59.6 Å². The van der Waals surface area contributed by atoms with Crippen molar-refractivity contribution in [1.29, 1.82) is 0 Å². The largest absolute Gasteiger partial charge is 0.311 e. The second kappa shape index (κ2) is 7.24. The van der Waals surface area contributed by atoms with Crippen LogP contribution < -0.4 is 5.32 Å². The van der Waals surface area contributed by atoms with Crippen molar-refractivity contribution in [1.82, 2.24) is 15.1 Å². The lowest BCUT2D eigenvalue weighted by molar-refractivity contribution is 0.0385. The van der Waals surface area contributed by atoms with Gasteiger partial charge in [-0.25, -0.2) is 0 Å². The van der Waals surface area contributed by atoms with Gasteiger partial charge in [0, 0.05) is 49.8 Å². The topological polar surface area (TPSA) is 18.5 Å². The van der Waals surface area contributed by atoms with Crippen molar-refractivity contribution in [2.24, 2.45) is 0 Å². The zero-order valence-corrected chi connectivity index (χ0v) is 14.9. The molecule has 1 heterocycles. The van der Waals surface area contributed by atoms with Gasteiger partial charge in [0.2, 0.25) is 0 Å². The predicted molar refractivity (Wildman–Crippen MR) is 89.4 cm³/mol. The second-order valence-corrected chi connectivity index (χ2v) is 8.27. The molecule has 1 atom stereocenters. The maximum atomic E-state index is 3.69. The molecule has 1 aliphatic heterocycles. The lowest BCUT2D eigenvalue weighted by atomic mass is 10.0. The van der Waals surface area contributed by atoms with Crippen molar-refractivity contribution >= 4 is 0 Å². The Morgan fingerprint density at radius 1 is 0.950 bits per heavy atom. The van der Waals surface area contributed by atoms with Gasteiger partial charge in [-0.05, 0) is 48.0 Å². The van der Waals surface area contributed by atoms with Crippen molar-refractivity contribution in [3.05, 3.63) is 0 Å². The zero-order chi connectivity index (χ0) is 15.4. The van der Waals surface area contributed by atoms with E-state index in [1.807, 2.05) is 0 Å². The fourth-order valence-electron chi connectivity index (χ4n) is 2.93. The van der Waals surface area contributed by atoms with Crippen LogP contribution in [0.4, 0.5) is 0 Å². The van der Waals surface area contributed by atoms with Crippen LogP contribution in [-0.2, 0) is 0 Å². The quantitative estimate of drug-likeness (QED) is 0.837. The Hall–Kier alpha value is -0.120. The maximum absolute atomic E-state index is 3.69. The molecule has 0 aliphatic carbocycles. The Kier molecular flexibility index (Phi) is 6.49. The van der Waals surface area contributed by atoms with Gasteiger partial charge in [0.1, 0.15) is 0 Å². The number of nitrogens with zero attached hydrogens (tertiary/aromatic N) is 2. The van der Waals surface area contributed by atoms with Crippen molar-refractivity contribution in [3.63, 3.8) is 0 Å². The standard InChI is InChI=1S/C17H37N3/c1-8-9-15(14-18-16(2,3)4)19-10-12-20(13-11-19)17(5,6)7/h15,18H,8-14H2,1-7H3. The molecule has 120 valence electrons. The first-order chi connectivity index (χ1) is 9.13. The molecule has 1 N–H and O–H groups in total. The third-order valence-corrected chi connectivity index (χ3v) is 4.27. The molecule has 0 spiro atoms. The van der Waals surface area contributed by atoms with Gasteiger partial charge < -0.3 is 5.32 Å². The minimum atomic E-state index is 0.221. The van der Waals surface area contributed by atoms with E-state index in [2.05, 4.69) is 63.6 Å². The zero-order valence-electron chi connectivity index (χ0n) is 14.9. The molecule has 0 aromatic carbocycles. The minimum Gasteiger partial charge on any atom is -0.311 e. The summed E-state index contributed by atoms with van der Waals surface area (Å²) in [6.07, 6.45) is 2.58. The smallest absolute Gasteiger partial charge is 0.0221 e. The molecule has 3 heteroatoms. The van der Waals surface area contributed by atoms with E-state index < -0.39 is 0 Å². The van der Waals surface area contributed by atoms with E-state index in [4.69, 9.17) is 0 Å². The first-order valence-corrected chi connectivity index (χ1v) is 8.37. The van der Waals surface area contributed by atoms with Gasteiger partial charge in [-0.1, -0.05) is 13.3 Å². The summed E-state index contributed by atoms with van der Waals surface area (Å²) in [5.41, 5.74) is 0.537. The summed E-state index contributed by atoms with van der Waals surface area (Å²) in [6, 6.07) is 0.696. The molecule has 3 nitrogen and oxygen atoms in total. The number of hydrogen-bond acceptors (Lipinski definition) is 3. The molecule has 0 bridgehead atoms. The lowest BCUT2D eigenvalue weighted by Gasteiger charge is -2.45. The molecular formula is C17H37N3. The Morgan fingerprint density at radius 2 is 1.50 bits per heavy atom. The SMILES string of the molecule is CCCC(CNC(C)(C)C)N1CCN(C(C)(C)C)CC1. The first kappa shape index (κ1) is 17.9. The van der Waals surface area contributed by atoms with E-state index in [-0.39, 0.29) is 5.54 Å². The number of rotatable bonds is 5. The maximum Gasteiger partial charge on any atom is 0.0221 e. The summed E-state index contributed by atoms with van der Waals surface area (Å²) >= 11 is 0. The van der Waals surface area contributed by atoms with Crippen molar-refractivity contribution < 1.29 is 0 Å². The third-order valence-electron chi connectivity index (χ3n) is 4.27. The molecule has 0 amide bonds. The van der Waals surface area contributed by atoms with Gasteiger partial charge >= 0.3 is 0 Å². The summed E-state index contributed by atoms with van der Waals surface area (Å²) in [7, 11) is 0. The molecule has 1 saturated heterocycles. The summed E-state index contributed by atoms with van der Waals surface area (Å²) in [5.74, 6) is 0. The third kappa shape index (κ3) is 6.11. The van der Waals surface area contributed by atoms with E-state index in [1.54, 1.807) is 0 Å². The fourth-order valence-corrected chi connectivity index (χ4v) is 2.93. The average molecular weight is 284 g/mol. The van der Waals surface area contributed by atoms with Crippen LogP contribution >= 0.6 is 0 Å². The number of nitrogens with one attached hydrogen (secondary N) is 1. The van der Waals surface area contributed by atoms with Gasteiger partial charge in [0.05, 0.1) is 0 Å². The Morgan fingerprint density at radius 3 is 1.90 bits per heavy atom. The highest BCUT2D eigenvalue weighted by molar-refractivity contribution is 4.86. The Bertz CT molecular complexity index is 267. The molecule has 0 saturated carbocycles. The van der Waals surface area contributed by atoms with Gasteiger partial charge in [-0.2, -0.15) is 0 Å². The van der Waals surface area contributed by atoms with Crippen LogP contribution in [0.3, 0.4) is 0 Å². The molecule has 0 aromatic heterocycles. The predicted octanol–water partition coefficient (Wildman–Crippen LogP) is 2.96. The lowest BCUT2D eigenvalue weighted by Crippen LogP contribution is -2.57. The summed E-state index contributed by atoms with van der Waals surface area (Å²) in [4.78, 5) is 5.31. The molecule has 1 unspecified atom stereocenters. The van der Waals surface area contributed by atoms with Gasteiger partial charge in [-0.3, -0.25) is 9.80 Å². The molecule has 0 aromatic rings. The highest BCUT2D eigenvalue weighted by Crippen LogP contribution is 2.18. The molecule has 0 radical (unpaired) electrons. The Labute approximate surface area is 127 Å². The van der Waals surface area contributed by atoms with Crippen molar-refractivity contribution in [2.75, 3.05) is 32.7 Å². The van der Waals surface area contributed by atoms with Gasteiger partial charge in [0.25, 0.3) is 0 Å². The van der Waals surface area contributed by atoms with Gasteiger partial charge in [-0.15, -0.1) is 0 Å². The number of piperazine rings is 1. The van der Waals surface area contributed by atoms with Crippen LogP contribution in [0.25, 0.3) is 0 Å². The van der Waals surface area contributed by atoms with Crippen LogP contribution in [0.2, 0.25) is 0 Å². The van der Waals surface area contributed by atoms with E-state index in [0.29, 0.717) is 11.6 Å². The van der Waals surface area contributed by atoms with E-state index >= 15 is 0 Å². The van der Waals surface area contributed by atoms with Crippen LogP contribution in [0, 0.1) is 0 Å². The molecule has 20 heavy (non-hydrogen) atoms.